The summed E-state index contributed by atoms with van der Waals surface area (Å²) >= 11 is 0. The number of rotatable bonds is 5. The van der Waals surface area contributed by atoms with E-state index >= 15 is 0 Å². The Morgan fingerprint density at radius 1 is 1.23 bits per heavy atom. The SMILES string of the molecule is O=C(CCC1CCCC1)Nc1cccc(N2CCCC2=O)c1. The van der Waals surface area contributed by atoms with Gasteiger partial charge in [-0.1, -0.05) is 31.7 Å². The van der Waals surface area contributed by atoms with Gasteiger partial charge in [0.1, 0.15) is 0 Å². The molecule has 1 saturated carbocycles. The molecule has 1 aromatic rings. The van der Waals surface area contributed by atoms with Crippen LogP contribution in [0.4, 0.5) is 11.4 Å². The van der Waals surface area contributed by atoms with Gasteiger partial charge in [-0.05, 0) is 37.0 Å². The van der Waals surface area contributed by atoms with Crippen LogP contribution >= 0.6 is 0 Å². The first-order chi connectivity index (χ1) is 10.7. The van der Waals surface area contributed by atoms with Crippen molar-refractivity contribution in [2.24, 2.45) is 5.92 Å². The van der Waals surface area contributed by atoms with Crippen molar-refractivity contribution < 1.29 is 9.59 Å². The monoisotopic (exact) mass is 300 g/mol. The van der Waals surface area contributed by atoms with Crippen LogP contribution < -0.4 is 10.2 Å². The van der Waals surface area contributed by atoms with E-state index in [1.807, 2.05) is 24.3 Å². The molecule has 0 radical (unpaired) electrons. The van der Waals surface area contributed by atoms with E-state index in [0.717, 1.165) is 36.7 Å². The van der Waals surface area contributed by atoms with E-state index in [1.165, 1.54) is 25.7 Å². The number of benzene rings is 1. The Bertz CT molecular complexity index is 550. The quantitative estimate of drug-likeness (QED) is 0.901. The van der Waals surface area contributed by atoms with Gasteiger partial charge in [0.15, 0.2) is 0 Å². The molecule has 1 aliphatic carbocycles. The summed E-state index contributed by atoms with van der Waals surface area (Å²) in [6.07, 6.45) is 8.32. The van der Waals surface area contributed by atoms with Gasteiger partial charge in [-0.2, -0.15) is 0 Å². The third-order valence-electron chi connectivity index (χ3n) is 4.77. The van der Waals surface area contributed by atoms with Crippen molar-refractivity contribution >= 4 is 23.2 Å². The Labute approximate surface area is 131 Å². The summed E-state index contributed by atoms with van der Waals surface area (Å²) < 4.78 is 0. The van der Waals surface area contributed by atoms with E-state index in [4.69, 9.17) is 0 Å². The zero-order valence-corrected chi connectivity index (χ0v) is 13.0. The summed E-state index contributed by atoms with van der Waals surface area (Å²) in [5.41, 5.74) is 1.67. The maximum Gasteiger partial charge on any atom is 0.227 e. The minimum absolute atomic E-state index is 0.0804. The first kappa shape index (κ1) is 15.1. The highest BCUT2D eigenvalue weighted by Crippen LogP contribution is 2.29. The molecule has 1 aliphatic heterocycles. The van der Waals surface area contributed by atoms with Crippen LogP contribution in [0, 0.1) is 5.92 Å². The third kappa shape index (κ3) is 3.67. The summed E-state index contributed by atoms with van der Waals surface area (Å²) in [5.74, 6) is 0.987. The lowest BCUT2D eigenvalue weighted by Crippen LogP contribution is -2.23. The number of hydrogen-bond donors (Lipinski definition) is 1. The lowest BCUT2D eigenvalue weighted by Gasteiger charge is -2.17. The molecule has 0 aromatic heterocycles. The standard InChI is InChI=1S/C18H24N2O2/c21-17(11-10-14-5-1-2-6-14)19-15-7-3-8-16(13-15)20-12-4-9-18(20)22/h3,7-8,13-14H,1-2,4-6,9-12H2,(H,19,21). The number of nitrogens with one attached hydrogen (secondary N) is 1. The van der Waals surface area contributed by atoms with E-state index < -0.39 is 0 Å². The van der Waals surface area contributed by atoms with Crippen LogP contribution in [0.5, 0.6) is 0 Å². The second kappa shape index (κ2) is 6.95. The molecule has 118 valence electrons. The van der Waals surface area contributed by atoms with Gasteiger partial charge in [0, 0.05) is 30.8 Å². The molecule has 0 atom stereocenters. The van der Waals surface area contributed by atoms with Crippen LogP contribution in [-0.4, -0.2) is 18.4 Å². The molecule has 0 bridgehead atoms. The van der Waals surface area contributed by atoms with Gasteiger partial charge >= 0.3 is 0 Å². The van der Waals surface area contributed by atoms with Gasteiger partial charge in [-0.25, -0.2) is 0 Å². The number of anilines is 2. The Morgan fingerprint density at radius 2 is 2.05 bits per heavy atom. The highest BCUT2D eigenvalue weighted by Gasteiger charge is 2.22. The molecular formula is C18H24N2O2. The van der Waals surface area contributed by atoms with Crippen LogP contribution in [-0.2, 0) is 9.59 Å². The topological polar surface area (TPSA) is 49.4 Å². The Balaban J connectivity index is 1.55. The highest BCUT2D eigenvalue weighted by molar-refractivity contribution is 5.97. The summed E-state index contributed by atoms with van der Waals surface area (Å²) in [7, 11) is 0. The zero-order valence-electron chi connectivity index (χ0n) is 13.0. The van der Waals surface area contributed by atoms with Crippen LogP contribution in [0.25, 0.3) is 0 Å². The normalized spacial score (nSPS) is 18.9. The Morgan fingerprint density at radius 3 is 2.77 bits per heavy atom. The van der Waals surface area contributed by atoms with Crippen molar-refractivity contribution in [3.05, 3.63) is 24.3 Å². The number of amides is 2. The van der Waals surface area contributed by atoms with Crippen molar-refractivity contribution in [2.75, 3.05) is 16.8 Å². The van der Waals surface area contributed by atoms with Crippen molar-refractivity contribution in [2.45, 2.75) is 51.4 Å². The largest absolute Gasteiger partial charge is 0.326 e. The first-order valence-electron chi connectivity index (χ1n) is 8.42. The molecule has 4 nitrogen and oxygen atoms in total. The average Bonchev–Trinajstić information content (AvgIpc) is 3.16. The number of carbonyl (C=O) groups is 2. The maximum atomic E-state index is 12.1. The predicted octanol–water partition coefficient (Wildman–Crippen LogP) is 3.72. The number of nitrogens with zero attached hydrogens (tertiary/aromatic N) is 1. The molecule has 1 aromatic carbocycles. The summed E-state index contributed by atoms with van der Waals surface area (Å²) in [4.78, 5) is 25.7. The molecular weight excluding hydrogens is 276 g/mol. The van der Waals surface area contributed by atoms with E-state index in [9.17, 15) is 9.59 Å². The fourth-order valence-electron chi connectivity index (χ4n) is 3.53. The predicted molar refractivity (Wildman–Crippen MR) is 87.9 cm³/mol. The molecule has 0 unspecified atom stereocenters. The molecule has 0 spiro atoms. The molecule has 2 amide bonds. The third-order valence-corrected chi connectivity index (χ3v) is 4.77. The summed E-state index contributed by atoms with van der Waals surface area (Å²) in [6.45, 7) is 0.776. The fraction of sp³-hybridized carbons (Fsp3) is 0.556. The lowest BCUT2D eigenvalue weighted by atomic mass is 10.0. The van der Waals surface area contributed by atoms with Crippen LogP contribution in [0.1, 0.15) is 51.4 Å². The summed E-state index contributed by atoms with van der Waals surface area (Å²) in [5, 5.41) is 2.97. The second-order valence-electron chi connectivity index (χ2n) is 6.44. The zero-order chi connectivity index (χ0) is 15.4. The first-order valence-corrected chi connectivity index (χ1v) is 8.42. The molecule has 1 N–H and O–H groups in total. The number of carbonyl (C=O) groups excluding carboxylic acids is 2. The molecule has 2 aliphatic rings. The van der Waals surface area contributed by atoms with E-state index in [-0.39, 0.29) is 11.8 Å². The molecule has 1 heterocycles. The van der Waals surface area contributed by atoms with Crippen molar-refractivity contribution in [1.82, 2.24) is 0 Å². The molecule has 3 rings (SSSR count). The Hall–Kier alpha value is -1.84. The van der Waals surface area contributed by atoms with Gasteiger partial charge in [0.05, 0.1) is 0 Å². The van der Waals surface area contributed by atoms with Crippen LogP contribution in [0.3, 0.4) is 0 Å². The van der Waals surface area contributed by atoms with E-state index in [2.05, 4.69) is 5.32 Å². The van der Waals surface area contributed by atoms with E-state index in [0.29, 0.717) is 12.8 Å². The summed E-state index contributed by atoms with van der Waals surface area (Å²) in [6, 6.07) is 7.61. The Kier molecular flexibility index (Phi) is 4.76. The van der Waals surface area contributed by atoms with Gasteiger partial charge in [0.2, 0.25) is 11.8 Å². The number of hydrogen-bond acceptors (Lipinski definition) is 2. The smallest absolute Gasteiger partial charge is 0.227 e. The van der Waals surface area contributed by atoms with Gasteiger partial charge in [0.25, 0.3) is 0 Å². The lowest BCUT2D eigenvalue weighted by molar-refractivity contribution is -0.117. The second-order valence-corrected chi connectivity index (χ2v) is 6.44. The minimum Gasteiger partial charge on any atom is -0.326 e. The van der Waals surface area contributed by atoms with Gasteiger partial charge in [-0.15, -0.1) is 0 Å². The molecule has 4 heteroatoms. The maximum absolute atomic E-state index is 12.1. The molecule has 2 fully saturated rings. The van der Waals surface area contributed by atoms with Gasteiger partial charge < -0.3 is 10.2 Å². The minimum atomic E-state index is 0.0804. The average molecular weight is 300 g/mol. The van der Waals surface area contributed by atoms with Gasteiger partial charge in [-0.3, -0.25) is 9.59 Å². The fourth-order valence-corrected chi connectivity index (χ4v) is 3.53. The van der Waals surface area contributed by atoms with Crippen LogP contribution in [0.2, 0.25) is 0 Å². The molecule has 22 heavy (non-hydrogen) atoms. The van der Waals surface area contributed by atoms with Crippen molar-refractivity contribution in [3.8, 4) is 0 Å². The van der Waals surface area contributed by atoms with Crippen LogP contribution in [0.15, 0.2) is 24.3 Å². The van der Waals surface area contributed by atoms with E-state index in [1.54, 1.807) is 4.90 Å². The highest BCUT2D eigenvalue weighted by atomic mass is 16.2. The van der Waals surface area contributed by atoms with Crippen molar-refractivity contribution in [1.29, 1.82) is 0 Å². The molecule has 1 saturated heterocycles. The van der Waals surface area contributed by atoms with Crippen molar-refractivity contribution in [3.63, 3.8) is 0 Å².